The van der Waals surface area contributed by atoms with Crippen LogP contribution in [0.2, 0.25) is 0 Å². The average molecular weight is 351 g/mol. The molecule has 2 N–H and O–H groups in total. The number of amides is 2. The molecule has 2 aliphatic rings. The number of carbonyl (C=O) groups excluding carboxylic acids is 2. The van der Waals surface area contributed by atoms with Crippen molar-refractivity contribution in [3.63, 3.8) is 0 Å². The third-order valence-electron chi connectivity index (χ3n) is 4.81. The smallest absolute Gasteiger partial charge is 0.233 e. The molecule has 2 unspecified atom stereocenters. The molecule has 1 aliphatic carbocycles. The maximum absolute atomic E-state index is 12.5. The Morgan fingerprint density at radius 2 is 1.86 bits per heavy atom. The van der Waals surface area contributed by atoms with Gasteiger partial charge in [-0.1, -0.05) is 35.3 Å². The van der Waals surface area contributed by atoms with Crippen molar-refractivity contribution in [2.24, 2.45) is 17.8 Å². The second-order valence-electron chi connectivity index (χ2n) is 6.07. The van der Waals surface area contributed by atoms with Gasteiger partial charge in [0, 0.05) is 10.2 Å². The van der Waals surface area contributed by atoms with E-state index in [9.17, 15) is 9.59 Å². The first-order valence-corrected chi connectivity index (χ1v) is 8.19. The van der Waals surface area contributed by atoms with Crippen molar-refractivity contribution in [1.29, 1.82) is 0 Å². The van der Waals surface area contributed by atoms with Gasteiger partial charge in [-0.25, -0.2) is 0 Å². The number of carbonyl (C=O) groups is 2. The van der Waals surface area contributed by atoms with Crippen LogP contribution in [0.3, 0.4) is 0 Å². The van der Waals surface area contributed by atoms with Crippen LogP contribution in [0.15, 0.2) is 22.7 Å². The lowest BCUT2D eigenvalue weighted by molar-refractivity contribution is -0.141. The standard InChI is InChI=1S/C16H19BrN2O2/c1-2-9-5-12-13(6-9)16(21)19(15(12)20)8-10-3-4-11(18)7-14(10)17/h3-4,7,9,12-13H,2,5-6,8,18H2,1H3. The van der Waals surface area contributed by atoms with E-state index in [1.165, 1.54) is 4.90 Å². The van der Waals surface area contributed by atoms with Crippen molar-refractivity contribution in [2.45, 2.75) is 32.7 Å². The molecule has 2 amide bonds. The van der Waals surface area contributed by atoms with Crippen molar-refractivity contribution in [3.05, 3.63) is 28.2 Å². The number of likely N-dealkylation sites (tertiary alicyclic amines) is 1. The molecular weight excluding hydrogens is 332 g/mol. The molecule has 1 aromatic rings. The van der Waals surface area contributed by atoms with E-state index >= 15 is 0 Å². The molecule has 0 spiro atoms. The van der Waals surface area contributed by atoms with Crippen LogP contribution >= 0.6 is 15.9 Å². The zero-order valence-corrected chi connectivity index (χ0v) is 13.6. The monoisotopic (exact) mass is 350 g/mol. The summed E-state index contributed by atoms with van der Waals surface area (Å²) in [4.78, 5) is 26.4. The third-order valence-corrected chi connectivity index (χ3v) is 5.55. The van der Waals surface area contributed by atoms with Gasteiger partial charge in [0.25, 0.3) is 0 Å². The largest absolute Gasteiger partial charge is 0.399 e. The first kappa shape index (κ1) is 14.6. The van der Waals surface area contributed by atoms with Crippen LogP contribution in [-0.4, -0.2) is 16.7 Å². The summed E-state index contributed by atoms with van der Waals surface area (Å²) in [6.07, 6.45) is 2.79. The third kappa shape index (κ3) is 2.48. The van der Waals surface area contributed by atoms with Crippen LogP contribution in [0, 0.1) is 17.8 Å². The molecule has 1 saturated heterocycles. The highest BCUT2D eigenvalue weighted by atomic mass is 79.9. The van der Waals surface area contributed by atoms with Gasteiger partial charge in [-0.05, 0) is 36.5 Å². The summed E-state index contributed by atoms with van der Waals surface area (Å²) in [5, 5.41) is 0. The molecule has 0 radical (unpaired) electrons. The molecule has 1 heterocycles. The lowest BCUT2D eigenvalue weighted by Gasteiger charge is -2.18. The Morgan fingerprint density at radius 1 is 1.24 bits per heavy atom. The molecule has 4 nitrogen and oxygen atoms in total. The van der Waals surface area contributed by atoms with E-state index < -0.39 is 0 Å². The summed E-state index contributed by atoms with van der Waals surface area (Å²) in [5.74, 6) is 0.359. The van der Waals surface area contributed by atoms with Gasteiger partial charge < -0.3 is 5.73 Å². The van der Waals surface area contributed by atoms with E-state index in [1.807, 2.05) is 6.07 Å². The molecular formula is C16H19BrN2O2. The summed E-state index contributed by atoms with van der Waals surface area (Å²) in [6.45, 7) is 2.46. The quantitative estimate of drug-likeness (QED) is 0.673. The van der Waals surface area contributed by atoms with Gasteiger partial charge in [-0.2, -0.15) is 0 Å². The van der Waals surface area contributed by atoms with Gasteiger partial charge in [-0.15, -0.1) is 0 Å². The highest BCUT2D eigenvalue weighted by molar-refractivity contribution is 9.10. The van der Waals surface area contributed by atoms with Gasteiger partial charge in [0.1, 0.15) is 0 Å². The number of fused-ring (bicyclic) bond motifs is 1. The van der Waals surface area contributed by atoms with E-state index in [2.05, 4.69) is 22.9 Å². The number of halogens is 1. The normalized spacial score (nSPS) is 28.3. The number of nitrogen functional groups attached to an aromatic ring is 1. The summed E-state index contributed by atoms with van der Waals surface area (Å²) >= 11 is 3.45. The summed E-state index contributed by atoms with van der Waals surface area (Å²) in [7, 11) is 0. The van der Waals surface area contributed by atoms with E-state index in [-0.39, 0.29) is 23.7 Å². The van der Waals surface area contributed by atoms with Crippen molar-refractivity contribution in [2.75, 3.05) is 5.73 Å². The van der Waals surface area contributed by atoms with Gasteiger partial charge in [0.2, 0.25) is 11.8 Å². The number of rotatable bonds is 3. The first-order valence-electron chi connectivity index (χ1n) is 7.40. The fourth-order valence-electron chi connectivity index (χ4n) is 3.55. The summed E-state index contributed by atoms with van der Waals surface area (Å²) < 4.78 is 0.839. The van der Waals surface area contributed by atoms with Crippen LogP contribution < -0.4 is 5.73 Å². The molecule has 21 heavy (non-hydrogen) atoms. The maximum Gasteiger partial charge on any atom is 0.233 e. The van der Waals surface area contributed by atoms with Crippen LogP contribution in [-0.2, 0) is 16.1 Å². The van der Waals surface area contributed by atoms with Crippen molar-refractivity contribution in [3.8, 4) is 0 Å². The molecule has 1 aromatic carbocycles. The Bertz CT molecular complexity index is 578. The van der Waals surface area contributed by atoms with Gasteiger partial charge in [0.15, 0.2) is 0 Å². The van der Waals surface area contributed by atoms with Crippen LogP contribution in [0.1, 0.15) is 31.7 Å². The van der Waals surface area contributed by atoms with Crippen LogP contribution in [0.25, 0.3) is 0 Å². The average Bonchev–Trinajstić information content (AvgIpc) is 2.97. The van der Waals surface area contributed by atoms with Gasteiger partial charge in [-0.3, -0.25) is 14.5 Å². The predicted octanol–water partition coefficient (Wildman–Crippen LogP) is 2.95. The number of nitrogens with zero attached hydrogens (tertiary/aromatic N) is 1. The Labute approximate surface area is 132 Å². The number of nitrogens with two attached hydrogens (primary N) is 1. The van der Waals surface area contributed by atoms with E-state index in [0.29, 0.717) is 18.2 Å². The SMILES string of the molecule is CCC1CC2C(=O)N(Cc3ccc(N)cc3Br)C(=O)C2C1. The predicted molar refractivity (Wildman–Crippen MR) is 84.1 cm³/mol. The molecule has 0 aromatic heterocycles. The highest BCUT2D eigenvalue weighted by Gasteiger charge is 2.52. The van der Waals surface area contributed by atoms with Gasteiger partial charge >= 0.3 is 0 Å². The molecule has 3 rings (SSSR count). The summed E-state index contributed by atoms with van der Waals surface area (Å²) in [5.41, 5.74) is 7.29. The Balaban J connectivity index is 1.79. The second kappa shape index (κ2) is 5.44. The lowest BCUT2D eigenvalue weighted by Crippen LogP contribution is -2.31. The molecule has 2 fully saturated rings. The van der Waals surface area contributed by atoms with Crippen LogP contribution in [0.4, 0.5) is 5.69 Å². The zero-order chi connectivity index (χ0) is 15.1. The molecule has 112 valence electrons. The maximum atomic E-state index is 12.5. The van der Waals surface area contributed by atoms with Crippen LogP contribution in [0.5, 0.6) is 0 Å². The number of hydrogen-bond acceptors (Lipinski definition) is 3. The molecule has 5 heteroatoms. The fraction of sp³-hybridized carbons (Fsp3) is 0.500. The van der Waals surface area contributed by atoms with Crippen molar-refractivity contribution >= 4 is 33.4 Å². The van der Waals surface area contributed by atoms with E-state index in [4.69, 9.17) is 5.73 Å². The second-order valence-corrected chi connectivity index (χ2v) is 6.93. The highest BCUT2D eigenvalue weighted by Crippen LogP contribution is 2.44. The number of benzene rings is 1. The van der Waals surface area contributed by atoms with Gasteiger partial charge in [0.05, 0.1) is 18.4 Å². The number of imide groups is 1. The molecule has 1 saturated carbocycles. The molecule has 2 atom stereocenters. The minimum atomic E-state index is -0.0880. The van der Waals surface area contributed by atoms with E-state index in [0.717, 1.165) is 29.3 Å². The Morgan fingerprint density at radius 3 is 2.38 bits per heavy atom. The van der Waals surface area contributed by atoms with Crippen molar-refractivity contribution < 1.29 is 9.59 Å². The minimum absolute atomic E-state index is 0.00433. The van der Waals surface area contributed by atoms with Crippen molar-refractivity contribution in [1.82, 2.24) is 4.90 Å². The zero-order valence-electron chi connectivity index (χ0n) is 12.0. The minimum Gasteiger partial charge on any atom is -0.399 e. The molecule has 1 aliphatic heterocycles. The number of anilines is 1. The molecule has 0 bridgehead atoms. The topological polar surface area (TPSA) is 63.4 Å². The lowest BCUT2D eigenvalue weighted by atomic mass is 10.00. The Kier molecular flexibility index (Phi) is 3.78. The van der Waals surface area contributed by atoms with E-state index in [1.54, 1.807) is 12.1 Å². The first-order chi connectivity index (χ1) is 10.0. The Hall–Kier alpha value is -1.36. The number of hydrogen-bond donors (Lipinski definition) is 1. The summed E-state index contributed by atoms with van der Waals surface area (Å²) in [6, 6.07) is 5.45. The fourth-order valence-corrected chi connectivity index (χ4v) is 4.07.